The number of hydrogen-bond acceptors (Lipinski definition) is 3. The zero-order chi connectivity index (χ0) is 12.0. The van der Waals surface area contributed by atoms with Crippen molar-refractivity contribution < 1.29 is 13.9 Å². The smallest absolute Gasteiger partial charge is 0.125 e. The molecule has 0 heterocycles. The molecule has 3 nitrogen and oxygen atoms in total. The third kappa shape index (κ3) is 5.09. The summed E-state index contributed by atoms with van der Waals surface area (Å²) in [6.07, 6.45) is 0.202. The highest BCUT2D eigenvalue weighted by Gasteiger charge is 1.99. The molecule has 0 aliphatic carbocycles. The Balaban J connectivity index is 2.26. The molecule has 0 unspecified atom stereocenters. The van der Waals surface area contributed by atoms with E-state index in [0.717, 1.165) is 5.56 Å². The average Bonchev–Trinajstić information content (AvgIpc) is 2.15. The average molecular weight is 227 g/mol. The van der Waals surface area contributed by atoms with Crippen molar-refractivity contribution in [3.8, 4) is 0 Å². The zero-order valence-electron chi connectivity index (χ0n) is 9.70. The van der Waals surface area contributed by atoms with Crippen molar-refractivity contribution >= 4 is 5.69 Å². The fraction of sp³-hybridized carbons (Fsp3) is 0.500. The molecule has 0 radical (unpaired) electrons. The number of halogens is 1. The van der Waals surface area contributed by atoms with Crippen LogP contribution < -0.4 is 5.73 Å². The van der Waals surface area contributed by atoms with Gasteiger partial charge in [0.15, 0.2) is 0 Å². The van der Waals surface area contributed by atoms with Crippen molar-refractivity contribution in [3.05, 3.63) is 29.6 Å². The molecule has 16 heavy (non-hydrogen) atoms. The number of benzene rings is 1. The van der Waals surface area contributed by atoms with Gasteiger partial charge in [0.2, 0.25) is 0 Å². The number of anilines is 1. The first-order valence-electron chi connectivity index (χ1n) is 5.32. The summed E-state index contributed by atoms with van der Waals surface area (Å²) >= 11 is 0. The van der Waals surface area contributed by atoms with E-state index in [1.165, 1.54) is 12.1 Å². The first-order chi connectivity index (χ1) is 7.58. The maximum absolute atomic E-state index is 12.9. The molecule has 0 saturated carbocycles. The van der Waals surface area contributed by atoms with Crippen LogP contribution in [0.2, 0.25) is 0 Å². The van der Waals surface area contributed by atoms with Crippen LogP contribution in [-0.4, -0.2) is 19.3 Å². The van der Waals surface area contributed by atoms with E-state index >= 15 is 0 Å². The van der Waals surface area contributed by atoms with Gasteiger partial charge >= 0.3 is 0 Å². The second-order valence-electron chi connectivity index (χ2n) is 3.86. The normalized spacial score (nSPS) is 11.0. The molecule has 0 aromatic heterocycles. The molecule has 0 spiro atoms. The molecule has 0 amide bonds. The first-order valence-corrected chi connectivity index (χ1v) is 5.32. The zero-order valence-corrected chi connectivity index (χ0v) is 9.70. The van der Waals surface area contributed by atoms with E-state index < -0.39 is 0 Å². The molecule has 0 fully saturated rings. The van der Waals surface area contributed by atoms with Crippen LogP contribution in [0.3, 0.4) is 0 Å². The van der Waals surface area contributed by atoms with E-state index in [1.807, 2.05) is 13.8 Å². The van der Waals surface area contributed by atoms with Crippen LogP contribution in [0.1, 0.15) is 19.4 Å². The second-order valence-corrected chi connectivity index (χ2v) is 3.86. The highest BCUT2D eigenvalue weighted by molar-refractivity contribution is 5.41. The van der Waals surface area contributed by atoms with Crippen molar-refractivity contribution in [2.24, 2.45) is 0 Å². The second kappa shape index (κ2) is 6.45. The lowest BCUT2D eigenvalue weighted by atomic mass is 10.2. The Bertz CT molecular complexity index is 309. The Morgan fingerprint density at radius 3 is 2.62 bits per heavy atom. The van der Waals surface area contributed by atoms with Gasteiger partial charge in [0.25, 0.3) is 0 Å². The third-order valence-electron chi connectivity index (χ3n) is 1.93. The van der Waals surface area contributed by atoms with Crippen molar-refractivity contribution in [3.63, 3.8) is 0 Å². The molecule has 0 aliphatic heterocycles. The molecule has 2 N–H and O–H groups in total. The van der Waals surface area contributed by atoms with Gasteiger partial charge in [-0.15, -0.1) is 0 Å². The lowest BCUT2D eigenvalue weighted by molar-refractivity contribution is 0.0142. The summed E-state index contributed by atoms with van der Waals surface area (Å²) in [4.78, 5) is 0. The summed E-state index contributed by atoms with van der Waals surface area (Å²) in [7, 11) is 0. The predicted molar refractivity (Wildman–Crippen MR) is 61.6 cm³/mol. The summed E-state index contributed by atoms with van der Waals surface area (Å²) in [6.45, 7) is 5.32. The maximum atomic E-state index is 12.9. The Hall–Kier alpha value is -1.13. The molecule has 0 saturated heterocycles. The summed E-state index contributed by atoms with van der Waals surface area (Å²) in [6, 6.07) is 4.40. The highest BCUT2D eigenvalue weighted by Crippen LogP contribution is 2.11. The summed E-state index contributed by atoms with van der Waals surface area (Å²) in [5.74, 6) is -0.336. The van der Waals surface area contributed by atoms with Crippen LogP contribution in [-0.2, 0) is 16.1 Å². The van der Waals surface area contributed by atoms with Gasteiger partial charge in [-0.1, -0.05) is 0 Å². The SMILES string of the molecule is CC(C)OCCOCc1cc(N)cc(F)c1. The van der Waals surface area contributed by atoms with Crippen molar-refractivity contribution in [1.29, 1.82) is 0 Å². The summed E-state index contributed by atoms with van der Waals surface area (Å²) < 4.78 is 23.6. The van der Waals surface area contributed by atoms with Gasteiger partial charge in [0.1, 0.15) is 5.82 Å². The maximum Gasteiger partial charge on any atom is 0.125 e. The van der Waals surface area contributed by atoms with Crippen molar-refractivity contribution in [1.82, 2.24) is 0 Å². The highest BCUT2D eigenvalue weighted by atomic mass is 19.1. The van der Waals surface area contributed by atoms with E-state index in [9.17, 15) is 4.39 Å². The number of ether oxygens (including phenoxy) is 2. The summed E-state index contributed by atoms with van der Waals surface area (Å²) in [5, 5.41) is 0. The number of nitrogens with two attached hydrogens (primary N) is 1. The van der Waals surface area contributed by atoms with E-state index in [4.69, 9.17) is 15.2 Å². The van der Waals surface area contributed by atoms with Crippen LogP contribution in [0.5, 0.6) is 0 Å². The summed E-state index contributed by atoms with van der Waals surface area (Å²) in [5.41, 5.74) is 6.66. The van der Waals surface area contributed by atoms with Gasteiger partial charge in [-0.2, -0.15) is 0 Å². The molecular weight excluding hydrogens is 209 g/mol. The van der Waals surface area contributed by atoms with Gasteiger partial charge in [-0.05, 0) is 37.6 Å². The largest absolute Gasteiger partial charge is 0.399 e. The minimum Gasteiger partial charge on any atom is -0.399 e. The Morgan fingerprint density at radius 1 is 1.25 bits per heavy atom. The predicted octanol–water partition coefficient (Wildman–Crippen LogP) is 2.35. The monoisotopic (exact) mass is 227 g/mol. The lowest BCUT2D eigenvalue weighted by Gasteiger charge is -2.08. The third-order valence-corrected chi connectivity index (χ3v) is 1.93. The lowest BCUT2D eigenvalue weighted by Crippen LogP contribution is -2.09. The fourth-order valence-corrected chi connectivity index (χ4v) is 1.29. The Morgan fingerprint density at radius 2 is 2.00 bits per heavy atom. The number of nitrogen functional groups attached to an aromatic ring is 1. The van der Waals surface area contributed by atoms with Crippen LogP contribution in [0, 0.1) is 5.82 Å². The Labute approximate surface area is 95.4 Å². The molecule has 0 bridgehead atoms. The van der Waals surface area contributed by atoms with Crippen LogP contribution in [0.15, 0.2) is 18.2 Å². The van der Waals surface area contributed by atoms with E-state index in [0.29, 0.717) is 25.5 Å². The van der Waals surface area contributed by atoms with Crippen LogP contribution >= 0.6 is 0 Å². The van der Waals surface area contributed by atoms with Crippen molar-refractivity contribution in [2.45, 2.75) is 26.6 Å². The van der Waals surface area contributed by atoms with Gasteiger partial charge in [-0.3, -0.25) is 0 Å². The van der Waals surface area contributed by atoms with E-state index in [1.54, 1.807) is 6.07 Å². The molecule has 1 rings (SSSR count). The molecule has 0 aliphatic rings. The fourth-order valence-electron chi connectivity index (χ4n) is 1.29. The van der Waals surface area contributed by atoms with Crippen LogP contribution in [0.4, 0.5) is 10.1 Å². The van der Waals surface area contributed by atoms with Gasteiger partial charge in [0, 0.05) is 5.69 Å². The molecule has 1 aromatic carbocycles. The van der Waals surface area contributed by atoms with Crippen LogP contribution in [0.25, 0.3) is 0 Å². The molecule has 90 valence electrons. The van der Waals surface area contributed by atoms with Crippen molar-refractivity contribution in [2.75, 3.05) is 18.9 Å². The van der Waals surface area contributed by atoms with E-state index in [-0.39, 0.29) is 11.9 Å². The number of hydrogen-bond donors (Lipinski definition) is 1. The molecule has 4 heteroatoms. The van der Waals surface area contributed by atoms with E-state index in [2.05, 4.69) is 0 Å². The van der Waals surface area contributed by atoms with Gasteiger partial charge < -0.3 is 15.2 Å². The first kappa shape index (κ1) is 12.9. The Kier molecular flexibility index (Phi) is 5.22. The quantitative estimate of drug-likeness (QED) is 0.599. The molecule has 1 aromatic rings. The standard InChI is InChI=1S/C12H18FNO2/c1-9(2)16-4-3-15-8-10-5-11(13)7-12(14)6-10/h5-7,9H,3-4,8,14H2,1-2H3. The topological polar surface area (TPSA) is 44.5 Å². The van der Waals surface area contributed by atoms with Gasteiger partial charge in [0.05, 0.1) is 25.9 Å². The molecule has 0 atom stereocenters. The number of rotatable bonds is 6. The molecular formula is C12H18FNO2. The minimum atomic E-state index is -0.336. The van der Waals surface area contributed by atoms with Gasteiger partial charge in [-0.25, -0.2) is 4.39 Å². The minimum absolute atomic E-state index is 0.202.